The minimum atomic E-state index is -4.10. The Kier molecular flexibility index (Phi) is 6.00. The first-order chi connectivity index (χ1) is 14.8. The van der Waals surface area contributed by atoms with E-state index in [1.165, 1.54) is 18.2 Å². The highest BCUT2D eigenvalue weighted by Gasteiger charge is 2.33. The molecule has 1 heterocycles. The molecule has 9 heteroatoms. The van der Waals surface area contributed by atoms with Crippen LogP contribution in [0.1, 0.15) is 17.0 Å². The summed E-state index contributed by atoms with van der Waals surface area (Å²) in [6, 6.07) is 21.6. The molecule has 1 N–H and O–H groups in total. The van der Waals surface area contributed by atoms with E-state index in [2.05, 4.69) is 9.82 Å². The Balaban J connectivity index is 1.63. The third kappa shape index (κ3) is 4.74. The van der Waals surface area contributed by atoms with Crippen LogP contribution >= 0.6 is 23.2 Å². The summed E-state index contributed by atoms with van der Waals surface area (Å²) in [4.78, 5) is 12.7. The van der Waals surface area contributed by atoms with Crippen molar-refractivity contribution in [1.82, 2.24) is 9.73 Å². The Morgan fingerprint density at radius 3 is 2.32 bits per heavy atom. The van der Waals surface area contributed by atoms with Gasteiger partial charge in [0.15, 0.2) is 0 Å². The number of nitrogens with zero attached hydrogens (tertiary/aromatic N) is 2. The largest absolute Gasteiger partial charge is 0.351 e. The first-order valence-corrected chi connectivity index (χ1v) is 11.6. The number of hydrogen-bond donors (Lipinski definition) is 1. The molecule has 31 heavy (non-hydrogen) atoms. The van der Waals surface area contributed by atoms with Crippen molar-refractivity contribution in [2.24, 2.45) is 5.10 Å². The average molecular weight is 474 g/mol. The van der Waals surface area contributed by atoms with Gasteiger partial charge >= 0.3 is 6.03 Å². The highest BCUT2D eigenvalue weighted by Crippen LogP contribution is 2.29. The molecule has 158 valence electrons. The highest BCUT2D eigenvalue weighted by atomic mass is 35.5. The van der Waals surface area contributed by atoms with Crippen LogP contribution in [-0.2, 0) is 10.0 Å². The van der Waals surface area contributed by atoms with Crippen molar-refractivity contribution >= 4 is 45.0 Å². The molecule has 1 aliphatic rings. The van der Waals surface area contributed by atoms with Gasteiger partial charge in [-0.3, -0.25) is 0 Å². The van der Waals surface area contributed by atoms with Gasteiger partial charge in [-0.15, -0.1) is 0 Å². The maximum atomic E-state index is 12.8. The van der Waals surface area contributed by atoms with Gasteiger partial charge in [0.25, 0.3) is 10.0 Å². The molecule has 3 aromatic carbocycles. The van der Waals surface area contributed by atoms with E-state index in [1.807, 2.05) is 42.5 Å². The van der Waals surface area contributed by atoms with Crippen molar-refractivity contribution in [3.8, 4) is 0 Å². The van der Waals surface area contributed by atoms with Crippen LogP contribution < -0.4 is 4.72 Å². The zero-order chi connectivity index (χ0) is 22.0. The van der Waals surface area contributed by atoms with E-state index in [9.17, 15) is 13.2 Å². The molecule has 0 fully saturated rings. The quantitative estimate of drug-likeness (QED) is 0.585. The van der Waals surface area contributed by atoms with Gasteiger partial charge in [-0.05, 0) is 41.5 Å². The van der Waals surface area contributed by atoms with Gasteiger partial charge in [-0.2, -0.15) is 5.10 Å². The van der Waals surface area contributed by atoms with Crippen molar-refractivity contribution in [3.63, 3.8) is 0 Å². The third-order valence-electron chi connectivity index (χ3n) is 4.82. The van der Waals surface area contributed by atoms with Crippen molar-refractivity contribution in [2.45, 2.75) is 10.8 Å². The Bertz CT molecular complexity index is 1250. The monoisotopic (exact) mass is 473 g/mol. The zero-order valence-corrected chi connectivity index (χ0v) is 18.4. The van der Waals surface area contributed by atoms with E-state index in [0.717, 1.165) is 16.1 Å². The SMILES string of the molecule is O=C(NS(=O)(=O)c1cccc(Cl)c1)N1CC(c2ccccc2)C(c2ccc(Cl)cc2)=N1. The number of amides is 2. The van der Waals surface area contributed by atoms with Gasteiger partial charge in [-0.1, -0.05) is 71.7 Å². The molecular formula is C22H17Cl2N3O3S. The fourth-order valence-corrected chi connectivity index (χ4v) is 4.69. The minimum Gasteiger partial charge on any atom is -0.246 e. The first-order valence-electron chi connectivity index (χ1n) is 9.33. The van der Waals surface area contributed by atoms with Gasteiger partial charge < -0.3 is 0 Å². The molecule has 4 rings (SSSR count). The summed E-state index contributed by atoms with van der Waals surface area (Å²) in [5.41, 5.74) is 2.41. The Morgan fingerprint density at radius 1 is 0.935 bits per heavy atom. The van der Waals surface area contributed by atoms with Crippen molar-refractivity contribution in [1.29, 1.82) is 0 Å². The van der Waals surface area contributed by atoms with Crippen LogP contribution in [-0.4, -0.2) is 31.7 Å². The lowest BCUT2D eigenvalue weighted by Gasteiger charge is -2.16. The standard InChI is InChI=1S/C22H17Cl2N3O3S/c23-17-11-9-16(10-12-17)21-20(15-5-2-1-3-6-15)14-27(25-21)22(28)26-31(29,30)19-8-4-7-18(24)13-19/h1-13,20H,14H2,(H,26,28). The summed E-state index contributed by atoms with van der Waals surface area (Å²) >= 11 is 11.9. The van der Waals surface area contributed by atoms with Crippen LogP contribution in [0.5, 0.6) is 0 Å². The van der Waals surface area contributed by atoms with Gasteiger partial charge in [0.1, 0.15) is 0 Å². The van der Waals surface area contributed by atoms with Gasteiger partial charge in [0.2, 0.25) is 0 Å². The number of carbonyl (C=O) groups is 1. The maximum absolute atomic E-state index is 12.8. The predicted molar refractivity (Wildman–Crippen MR) is 121 cm³/mol. The average Bonchev–Trinajstić information content (AvgIpc) is 3.20. The number of benzene rings is 3. The molecule has 0 spiro atoms. The minimum absolute atomic E-state index is 0.103. The lowest BCUT2D eigenvalue weighted by molar-refractivity contribution is 0.210. The van der Waals surface area contributed by atoms with Gasteiger partial charge in [0.05, 0.1) is 17.2 Å². The molecule has 6 nitrogen and oxygen atoms in total. The Morgan fingerprint density at radius 2 is 1.65 bits per heavy atom. The zero-order valence-electron chi connectivity index (χ0n) is 16.1. The summed E-state index contributed by atoms with van der Waals surface area (Å²) in [7, 11) is -4.10. The van der Waals surface area contributed by atoms with Crippen LogP contribution in [0.4, 0.5) is 4.79 Å². The van der Waals surface area contributed by atoms with E-state index in [0.29, 0.717) is 10.7 Å². The van der Waals surface area contributed by atoms with Crippen LogP contribution in [0.2, 0.25) is 10.0 Å². The molecule has 1 unspecified atom stereocenters. The molecule has 0 bridgehead atoms. The fourth-order valence-electron chi connectivity index (χ4n) is 3.32. The number of sulfonamides is 1. The summed E-state index contributed by atoms with van der Waals surface area (Å²) in [6.45, 7) is 0.193. The summed E-state index contributed by atoms with van der Waals surface area (Å²) in [6.07, 6.45) is 0. The van der Waals surface area contributed by atoms with Crippen LogP contribution in [0.15, 0.2) is 88.9 Å². The molecule has 0 aliphatic carbocycles. The third-order valence-corrected chi connectivity index (χ3v) is 6.62. The molecule has 2 amide bonds. The number of halogens is 2. The second-order valence-corrected chi connectivity index (χ2v) is 9.46. The molecule has 1 atom stereocenters. The number of rotatable bonds is 4. The number of nitrogens with one attached hydrogen (secondary N) is 1. The van der Waals surface area contributed by atoms with Crippen LogP contribution in [0.3, 0.4) is 0 Å². The topological polar surface area (TPSA) is 78.8 Å². The van der Waals surface area contributed by atoms with Crippen molar-refractivity contribution in [3.05, 3.63) is 100 Å². The van der Waals surface area contributed by atoms with Crippen LogP contribution in [0, 0.1) is 0 Å². The number of carbonyl (C=O) groups excluding carboxylic acids is 1. The molecule has 0 saturated carbocycles. The van der Waals surface area contributed by atoms with E-state index >= 15 is 0 Å². The van der Waals surface area contributed by atoms with E-state index < -0.39 is 16.1 Å². The van der Waals surface area contributed by atoms with Crippen molar-refractivity contribution < 1.29 is 13.2 Å². The molecule has 0 radical (unpaired) electrons. The normalized spacial score (nSPS) is 16.1. The smallest absolute Gasteiger partial charge is 0.246 e. The van der Waals surface area contributed by atoms with E-state index in [1.54, 1.807) is 18.2 Å². The summed E-state index contributed by atoms with van der Waals surface area (Å²) < 4.78 is 27.3. The Hall–Kier alpha value is -2.87. The highest BCUT2D eigenvalue weighted by molar-refractivity contribution is 7.90. The first kappa shape index (κ1) is 21.4. The lowest BCUT2D eigenvalue weighted by atomic mass is 9.91. The molecule has 0 saturated heterocycles. The van der Waals surface area contributed by atoms with Crippen molar-refractivity contribution in [2.75, 3.05) is 6.54 Å². The second kappa shape index (κ2) is 8.70. The number of hydrazone groups is 1. The number of hydrogen-bond acceptors (Lipinski definition) is 4. The van der Waals surface area contributed by atoms with E-state index in [-0.39, 0.29) is 22.4 Å². The summed E-state index contributed by atoms with van der Waals surface area (Å²) in [5, 5.41) is 6.41. The molecule has 3 aromatic rings. The fraction of sp³-hybridized carbons (Fsp3) is 0.0909. The predicted octanol–water partition coefficient (Wildman–Crippen LogP) is 4.90. The van der Waals surface area contributed by atoms with Gasteiger partial charge in [-0.25, -0.2) is 22.9 Å². The van der Waals surface area contributed by atoms with Gasteiger partial charge in [0, 0.05) is 16.0 Å². The lowest BCUT2D eigenvalue weighted by Crippen LogP contribution is -2.39. The van der Waals surface area contributed by atoms with E-state index in [4.69, 9.17) is 23.2 Å². The molecular weight excluding hydrogens is 457 g/mol. The maximum Gasteiger partial charge on any atom is 0.351 e. The van der Waals surface area contributed by atoms with Crippen LogP contribution in [0.25, 0.3) is 0 Å². The molecule has 0 aromatic heterocycles. The second-order valence-electron chi connectivity index (χ2n) is 6.91. The summed E-state index contributed by atoms with van der Waals surface area (Å²) in [5.74, 6) is -0.220. The number of urea groups is 1. The Labute approximate surface area is 190 Å². The molecule has 1 aliphatic heterocycles.